The number of pyridine rings is 1. The Balaban J connectivity index is 2.31. The fourth-order valence-electron chi connectivity index (χ4n) is 1.68. The number of oxazole rings is 1. The van der Waals surface area contributed by atoms with Crippen molar-refractivity contribution in [3.05, 3.63) is 51.6 Å². The van der Waals surface area contributed by atoms with Gasteiger partial charge in [-0.2, -0.15) is 0 Å². The summed E-state index contributed by atoms with van der Waals surface area (Å²) in [6.07, 6.45) is 2.55. The van der Waals surface area contributed by atoms with Gasteiger partial charge in [0.15, 0.2) is 5.89 Å². The van der Waals surface area contributed by atoms with Crippen LogP contribution in [0.4, 0.5) is 0 Å². The van der Waals surface area contributed by atoms with E-state index >= 15 is 0 Å². The lowest BCUT2D eigenvalue weighted by Gasteiger charge is -2.03. The second kappa shape index (κ2) is 4.57. The lowest BCUT2D eigenvalue weighted by Crippen LogP contribution is -2.19. The highest BCUT2D eigenvalue weighted by atomic mass is 16.4. The monoisotopic (exact) mass is 232 g/mol. The first-order chi connectivity index (χ1) is 8.10. The van der Waals surface area contributed by atoms with Gasteiger partial charge in [0, 0.05) is 18.7 Å². The zero-order chi connectivity index (χ0) is 12.4. The summed E-state index contributed by atoms with van der Waals surface area (Å²) >= 11 is 0. The molecule has 0 fully saturated rings. The van der Waals surface area contributed by atoms with Gasteiger partial charge in [0.1, 0.15) is 5.76 Å². The minimum atomic E-state index is -0.0150. The standard InChI is InChI=1S/C13H16N2O2/c1-4-12-14-10(3)11(17-12)8-15-6-5-9(2)7-13(15)16/h5-7H,4,8H2,1-3H3. The molecule has 17 heavy (non-hydrogen) atoms. The normalized spacial score (nSPS) is 10.8. The molecule has 0 atom stereocenters. The van der Waals surface area contributed by atoms with Crippen molar-refractivity contribution in [1.29, 1.82) is 0 Å². The van der Waals surface area contributed by atoms with Crippen LogP contribution in [0.15, 0.2) is 27.5 Å². The third-order valence-corrected chi connectivity index (χ3v) is 2.70. The summed E-state index contributed by atoms with van der Waals surface area (Å²) in [7, 11) is 0. The molecular weight excluding hydrogens is 216 g/mol. The quantitative estimate of drug-likeness (QED) is 0.813. The topological polar surface area (TPSA) is 48.0 Å². The van der Waals surface area contributed by atoms with Crippen LogP contribution in [0.3, 0.4) is 0 Å². The van der Waals surface area contributed by atoms with Crippen molar-refractivity contribution in [3.63, 3.8) is 0 Å². The van der Waals surface area contributed by atoms with Gasteiger partial charge in [-0.3, -0.25) is 4.79 Å². The van der Waals surface area contributed by atoms with Crippen molar-refractivity contribution in [2.75, 3.05) is 0 Å². The number of nitrogens with zero attached hydrogens (tertiary/aromatic N) is 2. The van der Waals surface area contributed by atoms with E-state index in [9.17, 15) is 4.79 Å². The lowest BCUT2D eigenvalue weighted by molar-refractivity contribution is 0.445. The molecule has 0 saturated heterocycles. The van der Waals surface area contributed by atoms with Gasteiger partial charge in [-0.15, -0.1) is 0 Å². The SMILES string of the molecule is CCc1nc(C)c(Cn2ccc(C)cc2=O)o1. The van der Waals surface area contributed by atoms with E-state index in [1.807, 2.05) is 26.8 Å². The first-order valence-corrected chi connectivity index (χ1v) is 5.72. The Morgan fingerprint density at radius 1 is 1.41 bits per heavy atom. The Morgan fingerprint density at radius 3 is 2.76 bits per heavy atom. The third kappa shape index (κ3) is 2.46. The zero-order valence-electron chi connectivity index (χ0n) is 10.4. The predicted molar refractivity (Wildman–Crippen MR) is 65.2 cm³/mol. The number of aryl methyl sites for hydroxylation is 3. The Bertz CT molecular complexity index is 581. The highest BCUT2D eigenvalue weighted by Gasteiger charge is 2.09. The van der Waals surface area contributed by atoms with E-state index in [0.717, 1.165) is 29.3 Å². The maximum Gasteiger partial charge on any atom is 0.251 e. The van der Waals surface area contributed by atoms with E-state index < -0.39 is 0 Å². The van der Waals surface area contributed by atoms with Crippen LogP contribution in [-0.4, -0.2) is 9.55 Å². The molecule has 2 aromatic rings. The smallest absolute Gasteiger partial charge is 0.251 e. The van der Waals surface area contributed by atoms with E-state index in [4.69, 9.17) is 4.42 Å². The summed E-state index contributed by atoms with van der Waals surface area (Å²) in [5.74, 6) is 1.48. The first-order valence-electron chi connectivity index (χ1n) is 5.72. The largest absolute Gasteiger partial charge is 0.444 e. The Kier molecular flexibility index (Phi) is 3.13. The molecule has 0 bridgehead atoms. The summed E-state index contributed by atoms with van der Waals surface area (Å²) in [4.78, 5) is 16.0. The van der Waals surface area contributed by atoms with Crippen molar-refractivity contribution in [2.45, 2.75) is 33.7 Å². The molecule has 0 unspecified atom stereocenters. The predicted octanol–water partition coefficient (Wildman–Crippen LogP) is 2.06. The highest BCUT2D eigenvalue weighted by molar-refractivity contribution is 5.12. The van der Waals surface area contributed by atoms with E-state index in [0.29, 0.717) is 6.54 Å². The van der Waals surface area contributed by atoms with Crippen LogP contribution in [0.5, 0.6) is 0 Å². The Labute approximate surface area is 99.9 Å². The maximum absolute atomic E-state index is 11.7. The highest BCUT2D eigenvalue weighted by Crippen LogP contribution is 2.11. The van der Waals surface area contributed by atoms with Gasteiger partial charge >= 0.3 is 0 Å². The van der Waals surface area contributed by atoms with Gasteiger partial charge in [0.25, 0.3) is 5.56 Å². The molecule has 0 saturated carbocycles. The van der Waals surface area contributed by atoms with Crippen LogP contribution in [0, 0.1) is 13.8 Å². The molecule has 2 heterocycles. The minimum absolute atomic E-state index is 0.0150. The van der Waals surface area contributed by atoms with Gasteiger partial charge in [-0.1, -0.05) is 6.92 Å². The second-order valence-electron chi connectivity index (χ2n) is 4.14. The summed E-state index contributed by atoms with van der Waals surface area (Å²) in [6.45, 7) is 6.24. The first kappa shape index (κ1) is 11.6. The van der Waals surface area contributed by atoms with E-state index in [1.54, 1.807) is 16.8 Å². The Hall–Kier alpha value is -1.84. The van der Waals surface area contributed by atoms with Crippen molar-refractivity contribution < 1.29 is 4.42 Å². The molecule has 0 aromatic carbocycles. The lowest BCUT2D eigenvalue weighted by atomic mass is 10.3. The van der Waals surface area contributed by atoms with Crippen molar-refractivity contribution in [1.82, 2.24) is 9.55 Å². The molecule has 4 nitrogen and oxygen atoms in total. The molecule has 0 amide bonds. The average molecular weight is 232 g/mol. The zero-order valence-corrected chi connectivity index (χ0v) is 10.4. The number of rotatable bonds is 3. The Morgan fingerprint density at radius 2 is 2.18 bits per heavy atom. The van der Waals surface area contributed by atoms with Crippen LogP contribution < -0.4 is 5.56 Å². The molecular formula is C13H16N2O2. The summed E-state index contributed by atoms with van der Waals surface area (Å²) in [6, 6.07) is 3.53. The fraction of sp³-hybridized carbons (Fsp3) is 0.385. The maximum atomic E-state index is 11.7. The molecule has 90 valence electrons. The molecule has 0 radical (unpaired) electrons. The van der Waals surface area contributed by atoms with Crippen LogP contribution in [0.2, 0.25) is 0 Å². The van der Waals surface area contributed by atoms with E-state index in [-0.39, 0.29) is 5.56 Å². The summed E-state index contributed by atoms with van der Waals surface area (Å²) in [5.41, 5.74) is 1.81. The molecule has 2 rings (SSSR count). The van der Waals surface area contributed by atoms with Gasteiger partial charge in [0.2, 0.25) is 0 Å². The van der Waals surface area contributed by atoms with Crippen LogP contribution in [0.1, 0.15) is 29.8 Å². The average Bonchev–Trinajstić information content (AvgIpc) is 2.64. The number of hydrogen-bond donors (Lipinski definition) is 0. The number of aromatic nitrogens is 2. The van der Waals surface area contributed by atoms with Gasteiger partial charge in [0.05, 0.1) is 12.2 Å². The van der Waals surface area contributed by atoms with Crippen LogP contribution in [-0.2, 0) is 13.0 Å². The molecule has 0 aliphatic carbocycles. The van der Waals surface area contributed by atoms with Gasteiger partial charge in [-0.05, 0) is 25.5 Å². The van der Waals surface area contributed by atoms with E-state index in [2.05, 4.69) is 4.98 Å². The molecule has 0 aliphatic rings. The molecule has 4 heteroatoms. The van der Waals surface area contributed by atoms with Crippen molar-refractivity contribution in [3.8, 4) is 0 Å². The summed E-state index contributed by atoms with van der Waals surface area (Å²) < 4.78 is 7.21. The fourth-order valence-corrected chi connectivity index (χ4v) is 1.68. The second-order valence-corrected chi connectivity index (χ2v) is 4.14. The third-order valence-electron chi connectivity index (χ3n) is 2.70. The molecule has 0 N–H and O–H groups in total. The number of hydrogen-bond acceptors (Lipinski definition) is 3. The van der Waals surface area contributed by atoms with Crippen LogP contribution >= 0.6 is 0 Å². The van der Waals surface area contributed by atoms with Gasteiger partial charge < -0.3 is 8.98 Å². The molecule has 0 spiro atoms. The van der Waals surface area contributed by atoms with Crippen molar-refractivity contribution >= 4 is 0 Å². The summed E-state index contributed by atoms with van der Waals surface area (Å²) in [5, 5.41) is 0. The van der Waals surface area contributed by atoms with Gasteiger partial charge in [-0.25, -0.2) is 4.98 Å². The molecule has 2 aromatic heterocycles. The molecule has 0 aliphatic heterocycles. The minimum Gasteiger partial charge on any atom is -0.444 e. The van der Waals surface area contributed by atoms with Crippen molar-refractivity contribution in [2.24, 2.45) is 0 Å². The van der Waals surface area contributed by atoms with Crippen LogP contribution in [0.25, 0.3) is 0 Å². The van der Waals surface area contributed by atoms with E-state index in [1.165, 1.54) is 0 Å².